The van der Waals surface area contributed by atoms with E-state index in [1.54, 1.807) is 11.2 Å². The van der Waals surface area contributed by atoms with Gasteiger partial charge in [-0.25, -0.2) is 4.98 Å². The minimum absolute atomic E-state index is 0.0299. The summed E-state index contributed by atoms with van der Waals surface area (Å²) in [6, 6.07) is 22.1. The lowest BCUT2D eigenvalue weighted by Crippen LogP contribution is -2.24. The number of rotatable bonds is 4. The molecule has 0 saturated heterocycles. The molecule has 3 heterocycles. The fraction of sp³-hybridized carbons (Fsp3) is 0.167. The number of fused-ring (bicyclic) bond motifs is 1. The smallest absolute Gasteiger partial charge is 0.260 e. The number of carbonyl (C=O) groups excluding carboxylic acids is 1. The molecule has 6 nitrogen and oxygen atoms in total. The first-order chi connectivity index (χ1) is 14.6. The number of amides is 1. The number of pyridine rings is 1. The van der Waals surface area contributed by atoms with E-state index < -0.39 is 0 Å². The van der Waals surface area contributed by atoms with E-state index in [0.29, 0.717) is 23.9 Å². The average molecular weight is 395 g/mol. The van der Waals surface area contributed by atoms with Gasteiger partial charge in [-0.2, -0.15) is 0 Å². The molecule has 30 heavy (non-hydrogen) atoms. The Morgan fingerprint density at radius 2 is 1.77 bits per heavy atom. The molecular formula is C24H21N5O. The van der Waals surface area contributed by atoms with Gasteiger partial charge in [0.25, 0.3) is 5.91 Å². The van der Waals surface area contributed by atoms with E-state index >= 15 is 0 Å². The van der Waals surface area contributed by atoms with Crippen LogP contribution in [0.5, 0.6) is 0 Å². The molecule has 0 N–H and O–H groups in total. The van der Waals surface area contributed by atoms with Gasteiger partial charge in [-0.3, -0.25) is 9.69 Å². The molecule has 148 valence electrons. The van der Waals surface area contributed by atoms with Crippen molar-refractivity contribution >= 4 is 11.7 Å². The third-order valence-corrected chi connectivity index (χ3v) is 5.39. The second-order valence-corrected chi connectivity index (χ2v) is 7.67. The van der Waals surface area contributed by atoms with Crippen LogP contribution < -0.4 is 4.90 Å². The van der Waals surface area contributed by atoms with Gasteiger partial charge in [-0.05, 0) is 48.7 Å². The van der Waals surface area contributed by atoms with Crippen LogP contribution >= 0.6 is 0 Å². The monoisotopic (exact) mass is 395 g/mol. The lowest BCUT2D eigenvalue weighted by atomic mass is 10.0. The van der Waals surface area contributed by atoms with Gasteiger partial charge >= 0.3 is 0 Å². The summed E-state index contributed by atoms with van der Waals surface area (Å²) >= 11 is 0. The van der Waals surface area contributed by atoms with Crippen LogP contribution in [0.3, 0.4) is 0 Å². The lowest BCUT2D eigenvalue weighted by molar-refractivity contribution is 0.0996. The highest BCUT2D eigenvalue weighted by molar-refractivity contribution is 6.10. The second kappa shape index (κ2) is 7.22. The Balaban J connectivity index is 1.48. The van der Waals surface area contributed by atoms with E-state index in [0.717, 1.165) is 22.3 Å². The lowest BCUT2D eigenvalue weighted by Gasteiger charge is -2.16. The molecule has 2 aromatic carbocycles. The van der Waals surface area contributed by atoms with Crippen LogP contribution in [0.25, 0.3) is 22.6 Å². The van der Waals surface area contributed by atoms with Crippen LogP contribution in [0.1, 0.15) is 35.8 Å². The number of hydrogen-bond donors (Lipinski definition) is 0. The number of hydrogen-bond acceptors (Lipinski definition) is 4. The number of anilines is 1. The molecule has 6 heteroatoms. The van der Waals surface area contributed by atoms with Gasteiger partial charge in [0.15, 0.2) is 5.82 Å². The van der Waals surface area contributed by atoms with Gasteiger partial charge < -0.3 is 4.57 Å². The largest absolute Gasteiger partial charge is 0.310 e. The van der Waals surface area contributed by atoms with Crippen LogP contribution in [0.4, 0.5) is 5.82 Å². The summed E-state index contributed by atoms with van der Waals surface area (Å²) in [5.41, 5.74) is 4.58. The minimum Gasteiger partial charge on any atom is -0.310 e. The standard InChI is InChI=1S/C24H21N5O/c1-16(2)29-15-25-27-23(29)21-9-6-10-22(26-21)28-14-19-12-11-18(13-20(19)24(28)30)17-7-4-3-5-8-17/h3-13,15-16H,14H2,1-2H3. The predicted octanol–water partition coefficient (Wildman–Crippen LogP) is 4.75. The van der Waals surface area contributed by atoms with E-state index in [1.807, 2.05) is 53.1 Å². The summed E-state index contributed by atoms with van der Waals surface area (Å²) in [5, 5.41) is 8.25. The molecule has 0 aliphatic carbocycles. The van der Waals surface area contributed by atoms with Crippen LogP contribution in [-0.2, 0) is 6.54 Å². The van der Waals surface area contributed by atoms with Gasteiger partial charge in [-0.1, -0.05) is 48.5 Å². The highest BCUT2D eigenvalue weighted by atomic mass is 16.2. The van der Waals surface area contributed by atoms with Crippen molar-refractivity contribution in [2.24, 2.45) is 0 Å². The van der Waals surface area contributed by atoms with E-state index in [4.69, 9.17) is 4.98 Å². The maximum Gasteiger partial charge on any atom is 0.260 e. The predicted molar refractivity (Wildman–Crippen MR) is 116 cm³/mol. The summed E-state index contributed by atoms with van der Waals surface area (Å²) in [6.07, 6.45) is 1.70. The Labute approximate surface area is 174 Å². The summed E-state index contributed by atoms with van der Waals surface area (Å²) < 4.78 is 1.97. The quantitative estimate of drug-likeness (QED) is 0.500. The number of benzene rings is 2. The SMILES string of the molecule is CC(C)n1cnnc1-c1cccc(N2Cc3ccc(-c4ccccc4)cc3C2=O)n1. The third kappa shape index (κ3) is 3.06. The second-order valence-electron chi connectivity index (χ2n) is 7.67. The zero-order valence-electron chi connectivity index (χ0n) is 16.9. The van der Waals surface area contributed by atoms with Crippen molar-refractivity contribution in [1.29, 1.82) is 0 Å². The molecule has 0 bridgehead atoms. The Hall–Kier alpha value is -3.80. The van der Waals surface area contributed by atoms with Gasteiger partial charge in [0, 0.05) is 11.6 Å². The summed E-state index contributed by atoms with van der Waals surface area (Å²) in [5.74, 6) is 1.29. The van der Waals surface area contributed by atoms with Crippen molar-refractivity contribution in [3.63, 3.8) is 0 Å². The van der Waals surface area contributed by atoms with Crippen molar-refractivity contribution in [3.8, 4) is 22.6 Å². The Bertz CT molecular complexity index is 1230. The molecule has 5 rings (SSSR count). The highest BCUT2D eigenvalue weighted by Gasteiger charge is 2.30. The molecule has 0 fully saturated rings. The molecule has 1 aliphatic rings. The first-order valence-corrected chi connectivity index (χ1v) is 9.99. The van der Waals surface area contributed by atoms with Crippen LogP contribution in [0, 0.1) is 0 Å². The maximum atomic E-state index is 13.2. The van der Waals surface area contributed by atoms with Gasteiger partial charge in [0.05, 0.1) is 6.54 Å². The first-order valence-electron chi connectivity index (χ1n) is 9.99. The van der Waals surface area contributed by atoms with Gasteiger partial charge in [0.2, 0.25) is 0 Å². The van der Waals surface area contributed by atoms with Crippen LogP contribution in [0.2, 0.25) is 0 Å². The van der Waals surface area contributed by atoms with Crippen molar-refractivity contribution in [2.75, 3.05) is 4.90 Å². The van der Waals surface area contributed by atoms with E-state index in [2.05, 4.69) is 42.2 Å². The summed E-state index contributed by atoms with van der Waals surface area (Å²) in [6.45, 7) is 4.65. The van der Waals surface area contributed by atoms with Crippen molar-refractivity contribution in [3.05, 3.63) is 84.2 Å². The molecule has 1 amide bonds. The molecular weight excluding hydrogens is 374 g/mol. The normalized spacial score (nSPS) is 13.2. The molecule has 4 aromatic rings. The minimum atomic E-state index is -0.0299. The highest BCUT2D eigenvalue weighted by Crippen LogP contribution is 2.32. The topological polar surface area (TPSA) is 63.9 Å². The fourth-order valence-electron chi connectivity index (χ4n) is 3.80. The van der Waals surface area contributed by atoms with E-state index in [-0.39, 0.29) is 11.9 Å². The van der Waals surface area contributed by atoms with Crippen molar-refractivity contribution in [1.82, 2.24) is 19.7 Å². The van der Waals surface area contributed by atoms with E-state index in [9.17, 15) is 4.79 Å². The summed E-state index contributed by atoms with van der Waals surface area (Å²) in [7, 11) is 0. The number of carbonyl (C=O) groups is 1. The maximum absolute atomic E-state index is 13.2. The Morgan fingerprint density at radius 3 is 2.57 bits per heavy atom. The molecule has 0 radical (unpaired) electrons. The zero-order chi connectivity index (χ0) is 20.7. The summed E-state index contributed by atoms with van der Waals surface area (Å²) in [4.78, 5) is 19.7. The zero-order valence-corrected chi connectivity index (χ0v) is 16.9. The van der Waals surface area contributed by atoms with Crippen LogP contribution in [0.15, 0.2) is 73.1 Å². The number of aromatic nitrogens is 4. The average Bonchev–Trinajstić information content (AvgIpc) is 3.40. The van der Waals surface area contributed by atoms with Gasteiger partial charge in [0.1, 0.15) is 17.8 Å². The van der Waals surface area contributed by atoms with E-state index in [1.165, 1.54) is 0 Å². The molecule has 1 aliphatic heterocycles. The van der Waals surface area contributed by atoms with Crippen molar-refractivity contribution in [2.45, 2.75) is 26.4 Å². The third-order valence-electron chi connectivity index (χ3n) is 5.39. The first kappa shape index (κ1) is 18.2. The molecule has 2 aromatic heterocycles. The van der Waals surface area contributed by atoms with Gasteiger partial charge in [-0.15, -0.1) is 10.2 Å². The number of nitrogens with zero attached hydrogens (tertiary/aromatic N) is 5. The Kier molecular flexibility index (Phi) is 4.39. The Morgan fingerprint density at radius 1 is 0.933 bits per heavy atom. The fourth-order valence-corrected chi connectivity index (χ4v) is 3.80. The molecule has 0 spiro atoms. The van der Waals surface area contributed by atoms with Crippen molar-refractivity contribution < 1.29 is 4.79 Å². The molecule has 0 saturated carbocycles. The van der Waals surface area contributed by atoms with Crippen LogP contribution in [-0.4, -0.2) is 25.7 Å². The molecule has 0 unspecified atom stereocenters. The molecule has 0 atom stereocenters.